The molecular weight excluding hydrogens is 372 g/mol. The molecule has 28 heavy (non-hydrogen) atoms. The fraction of sp³-hybridized carbons (Fsp3) is 0.273. The second-order valence-electron chi connectivity index (χ2n) is 6.94. The summed E-state index contributed by atoms with van der Waals surface area (Å²) in [6, 6.07) is 23.0. The van der Waals surface area contributed by atoms with Crippen molar-refractivity contribution in [1.29, 1.82) is 0 Å². The van der Waals surface area contributed by atoms with E-state index in [1.54, 1.807) is 12.1 Å². The van der Waals surface area contributed by atoms with E-state index in [1.807, 2.05) is 60.7 Å². The summed E-state index contributed by atoms with van der Waals surface area (Å²) in [4.78, 5) is 2.57. The van der Waals surface area contributed by atoms with Gasteiger partial charge in [0.2, 0.25) is 10.0 Å². The monoisotopic (exact) mass is 396 g/mol. The normalized spacial score (nSPS) is 16.9. The molecule has 3 aromatic carbocycles. The zero-order chi connectivity index (χ0) is 19.4. The van der Waals surface area contributed by atoms with Gasteiger partial charge in [-0.15, -0.1) is 0 Å². The maximum absolute atomic E-state index is 12.9. The van der Waals surface area contributed by atoms with Crippen LogP contribution >= 0.6 is 0 Å². The molecule has 1 aliphatic heterocycles. The minimum atomic E-state index is -3.60. The number of benzene rings is 3. The Kier molecular flexibility index (Phi) is 5.73. The molecule has 0 bridgehead atoms. The second-order valence-corrected chi connectivity index (χ2v) is 8.70. The van der Waals surface area contributed by atoms with Crippen LogP contribution in [0.2, 0.25) is 0 Å². The highest BCUT2D eigenvalue weighted by atomic mass is 32.2. The summed E-state index contributed by atoms with van der Waals surface area (Å²) >= 11 is 0. The summed E-state index contributed by atoms with van der Waals surface area (Å²) in [5, 5.41) is 1.94. The van der Waals surface area contributed by atoms with E-state index in [0.717, 1.165) is 29.4 Å². The molecule has 0 aromatic heterocycles. The van der Waals surface area contributed by atoms with Crippen molar-refractivity contribution in [1.82, 2.24) is 9.62 Å². The third-order valence-electron chi connectivity index (χ3n) is 5.17. The van der Waals surface area contributed by atoms with Crippen LogP contribution in [0, 0.1) is 0 Å². The molecule has 0 unspecified atom stereocenters. The molecule has 0 spiro atoms. The third-order valence-corrected chi connectivity index (χ3v) is 6.59. The van der Waals surface area contributed by atoms with Crippen molar-refractivity contribution in [2.75, 3.05) is 32.8 Å². The van der Waals surface area contributed by atoms with Crippen molar-refractivity contribution in [3.05, 3.63) is 78.4 Å². The van der Waals surface area contributed by atoms with Gasteiger partial charge in [-0.3, -0.25) is 4.90 Å². The molecule has 146 valence electrons. The smallest absolute Gasteiger partial charge is 0.240 e. The van der Waals surface area contributed by atoms with Gasteiger partial charge in [0, 0.05) is 25.7 Å². The van der Waals surface area contributed by atoms with Crippen LogP contribution in [-0.4, -0.2) is 46.2 Å². The molecule has 4 rings (SSSR count). The van der Waals surface area contributed by atoms with Gasteiger partial charge >= 0.3 is 0 Å². The van der Waals surface area contributed by atoms with E-state index < -0.39 is 10.0 Å². The zero-order valence-electron chi connectivity index (χ0n) is 15.6. The lowest BCUT2D eigenvalue weighted by atomic mass is 10.1. The van der Waals surface area contributed by atoms with Crippen LogP contribution in [0.25, 0.3) is 10.8 Å². The highest BCUT2D eigenvalue weighted by molar-refractivity contribution is 7.89. The fourth-order valence-corrected chi connectivity index (χ4v) is 4.70. The summed E-state index contributed by atoms with van der Waals surface area (Å²) in [5.41, 5.74) is 1.10. The van der Waals surface area contributed by atoms with Gasteiger partial charge in [-0.2, -0.15) is 0 Å². The molecule has 3 aromatic rings. The number of ether oxygens (including phenoxy) is 1. The van der Waals surface area contributed by atoms with Crippen molar-refractivity contribution in [2.24, 2.45) is 0 Å². The molecule has 1 aliphatic rings. The number of fused-ring (bicyclic) bond motifs is 1. The lowest BCUT2D eigenvalue weighted by Gasteiger charge is -2.34. The van der Waals surface area contributed by atoms with Gasteiger partial charge in [-0.05, 0) is 28.5 Å². The van der Waals surface area contributed by atoms with Crippen LogP contribution in [0.3, 0.4) is 0 Å². The van der Waals surface area contributed by atoms with Crippen LogP contribution in [-0.2, 0) is 14.8 Å². The highest BCUT2D eigenvalue weighted by Crippen LogP contribution is 2.23. The predicted octanol–water partition coefficient (Wildman–Crippen LogP) is 3.19. The zero-order valence-corrected chi connectivity index (χ0v) is 16.4. The van der Waals surface area contributed by atoms with Crippen molar-refractivity contribution < 1.29 is 13.2 Å². The first-order valence-corrected chi connectivity index (χ1v) is 11.0. The topological polar surface area (TPSA) is 58.6 Å². The van der Waals surface area contributed by atoms with Crippen LogP contribution in [0.1, 0.15) is 11.6 Å². The van der Waals surface area contributed by atoms with E-state index in [0.29, 0.717) is 24.7 Å². The first kappa shape index (κ1) is 19.1. The van der Waals surface area contributed by atoms with E-state index in [-0.39, 0.29) is 6.04 Å². The van der Waals surface area contributed by atoms with Gasteiger partial charge in [-0.25, -0.2) is 13.1 Å². The summed E-state index contributed by atoms with van der Waals surface area (Å²) in [5.74, 6) is 0. The standard InChI is InChI=1S/C22H24N2O3S/c25-28(26,21-11-10-18-6-4-5-9-20(18)16-21)23-17-22(19-7-2-1-3-8-19)24-12-14-27-15-13-24/h1-11,16,22-23H,12-15,17H2/t22-/m1/s1. The Morgan fingerprint density at radius 1 is 0.893 bits per heavy atom. The molecule has 0 radical (unpaired) electrons. The van der Waals surface area contributed by atoms with Gasteiger partial charge in [0.1, 0.15) is 0 Å². The Morgan fingerprint density at radius 2 is 1.57 bits per heavy atom. The number of hydrogen-bond donors (Lipinski definition) is 1. The van der Waals surface area contributed by atoms with E-state index >= 15 is 0 Å². The Bertz CT molecular complexity index is 1030. The number of nitrogens with one attached hydrogen (secondary N) is 1. The number of hydrogen-bond acceptors (Lipinski definition) is 4. The van der Waals surface area contributed by atoms with Crippen LogP contribution in [0.5, 0.6) is 0 Å². The first-order valence-electron chi connectivity index (χ1n) is 9.49. The van der Waals surface area contributed by atoms with E-state index in [9.17, 15) is 8.42 Å². The Balaban J connectivity index is 1.56. The predicted molar refractivity (Wildman–Crippen MR) is 111 cm³/mol. The minimum Gasteiger partial charge on any atom is -0.379 e. The molecular formula is C22H24N2O3S. The molecule has 6 heteroatoms. The van der Waals surface area contributed by atoms with Crippen molar-refractivity contribution in [3.8, 4) is 0 Å². The first-order chi connectivity index (χ1) is 13.6. The molecule has 0 amide bonds. The number of morpholine rings is 1. The minimum absolute atomic E-state index is 0.0275. The van der Waals surface area contributed by atoms with Gasteiger partial charge in [0.25, 0.3) is 0 Å². The molecule has 1 heterocycles. The lowest BCUT2D eigenvalue weighted by molar-refractivity contribution is 0.0172. The van der Waals surface area contributed by atoms with E-state index in [4.69, 9.17) is 4.74 Å². The number of sulfonamides is 1. The summed E-state index contributed by atoms with van der Waals surface area (Å²) in [6.07, 6.45) is 0. The number of nitrogens with zero attached hydrogens (tertiary/aromatic N) is 1. The molecule has 5 nitrogen and oxygen atoms in total. The van der Waals surface area contributed by atoms with Crippen molar-refractivity contribution >= 4 is 20.8 Å². The average Bonchev–Trinajstić information content (AvgIpc) is 2.75. The van der Waals surface area contributed by atoms with Gasteiger partial charge < -0.3 is 4.74 Å². The molecule has 1 fully saturated rings. The highest BCUT2D eigenvalue weighted by Gasteiger charge is 2.25. The molecule has 0 aliphatic carbocycles. The Morgan fingerprint density at radius 3 is 2.32 bits per heavy atom. The fourth-order valence-electron chi connectivity index (χ4n) is 3.63. The Hall–Kier alpha value is -2.25. The Labute approximate surface area is 166 Å². The molecule has 1 N–H and O–H groups in total. The molecule has 1 saturated heterocycles. The summed E-state index contributed by atoms with van der Waals surface area (Å²) in [6.45, 7) is 3.23. The summed E-state index contributed by atoms with van der Waals surface area (Å²) < 4.78 is 34.2. The van der Waals surface area contributed by atoms with Gasteiger partial charge in [-0.1, -0.05) is 60.7 Å². The van der Waals surface area contributed by atoms with Gasteiger partial charge in [0.15, 0.2) is 0 Å². The second kappa shape index (κ2) is 8.41. The van der Waals surface area contributed by atoms with Crippen molar-refractivity contribution in [3.63, 3.8) is 0 Å². The largest absolute Gasteiger partial charge is 0.379 e. The average molecular weight is 397 g/mol. The summed E-state index contributed by atoms with van der Waals surface area (Å²) in [7, 11) is -3.60. The van der Waals surface area contributed by atoms with Crippen molar-refractivity contribution in [2.45, 2.75) is 10.9 Å². The van der Waals surface area contributed by atoms with Crippen LogP contribution in [0.15, 0.2) is 77.7 Å². The molecule has 0 saturated carbocycles. The quantitative estimate of drug-likeness (QED) is 0.695. The van der Waals surface area contributed by atoms with E-state index in [1.165, 1.54) is 0 Å². The lowest BCUT2D eigenvalue weighted by Crippen LogP contribution is -2.43. The van der Waals surface area contributed by atoms with E-state index in [2.05, 4.69) is 9.62 Å². The molecule has 1 atom stereocenters. The SMILES string of the molecule is O=S(=O)(NC[C@H](c1ccccc1)N1CCOCC1)c1ccc2ccccc2c1. The van der Waals surface area contributed by atoms with Crippen LogP contribution in [0.4, 0.5) is 0 Å². The van der Waals surface area contributed by atoms with Crippen LogP contribution < -0.4 is 4.72 Å². The maximum atomic E-state index is 12.9. The van der Waals surface area contributed by atoms with Gasteiger partial charge in [0.05, 0.1) is 18.1 Å². The number of rotatable bonds is 6. The maximum Gasteiger partial charge on any atom is 0.240 e. The third kappa shape index (κ3) is 4.25.